The largest absolute Gasteiger partial charge is 0.453 e. The van der Waals surface area contributed by atoms with E-state index in [0.29, 0.717) is 5.06 Å². The van der Waals surface area contributed by atoms with Crippen molar-refractivity contribution in [3.05, 3.63) is 35.9 Å². The summed E-state index contributed by atoms with van der Waals surface area (Å²) in [4.78, 5) is 77.0. The first-order valence-corrected chi connectivity index (χ1v) is 12.5. The Bertz CT molecular complexity index is 1040. The zero-order valence-electron chi connectivity index (χ0n) is 22.5. The quantitative estimate of drug-likeness (QED) is 0.268. The molecule has 1 aliphatic rings. The molecule has 1 aliphatic heterocycles. The van der Waals surface area contributed by atoms with Crippen LogP contribution in [0.4, 0.5) is 4.79 Å². The zero-order chi connectivity index (χ0) is 29.2. The van der Waals surface area contributed by atoms with E-state index in [4.69, 9.17) is 4.84 Å². The number of benzene rings is 1. The Morgan fingerprint density at radius 2 is 1.62 bits per heavy atom. The predicted molar refractivity (Wildman–Crippen MR) is 136 cm³/mol. The number of hydroxylamine groups is 2. The molecule has 5 amide bonds. The molecule has 1 saturated heterocycles. The molecule has 3 atom stereocenters. The molecule has 39 heavy (non-hydrogen) atoms. The number of hydrogen-bond donors (Lipinski definition) is 4. The molecule has 214 valence electrons. The van der Waals surface area contributed by atoms with Gasteiger partial charge >= 0.3 is 12.1 Å². The van der Waals surface area contributed by atoms with Gasteiger partial charge in [0.05, 0.1) is 25.7 Å². The number of nitrogens with zero attached hydrogens (tertiary/aromatic N) is 1. The van der Waals surface area contributed by atoms with Gasteiger partial charge in [-0.2, -0.15) is 0 Å². The van der Waals surface area contributed by atoms with E-state index in [0.717, 1.165) is 5.56 Å². The van der Waals surface area contributed by atoms with Gasteiger partial charge in [-0.3, -0.25) is 19.2 Å². The predicted octanol–water partition coefficient (Wildman–Crippen LogP) is 0.349. The molecule has 0 radical (unpaired) electrons. The molecular weight excluding hydrogens is 512 g/mol. The minimum absolute atomic E-state index is 0.0412. The first kappa shape index (κ1) is 31.2. The van der Waals surface area contributed by atoms with Crippen molar-refractivity contribution < 1.29 is 43.4 Å². The minimum atomic E-state index is -1.23. The second kappa shape index (κ2) is 14.2. The van der Waals surface area contributed by atoms with Crippen LogP contribution >= 0.6 is 0 Å². The number of aliphatic hydroxyl groups is 1. The Balaban J connectivity index is 1.99. The van der Waals surface area contributed by atoms with Gasteiger partial charge in [0.1, 0.15) is 6.04 Å². The number of alkyl carbamates (subject to hydrolysis) is 1. The normalized spacial score (nSPS) is 15.7. The first-order chi connectivity index (χ1) is 18.3. The Hall–Kier alpha value is -4.00. The summed E-state index contributed by atoms with van der Waals surface area (Å²) >= 11 is 0. The number of nitrogens with one attached hydrogen (secondary N) is 3. The van der Waals surface area contributed by atoms with E-state index in [2.05, 4.69) is 20.7 Å². The number of ether oxygens (including phenoxy) is 1. The van der Waals surface area contributed by atoms with Gasteiger partial charge in [-0.25, -0.2) is 9.59 Å². The average molecular weight is 549 g/mol. The highest BCUT2D eigenvalue weighted by molar-refractivity contribution is 6.01. The van der Waals surface area contributed by atoms with Crippen molar-refractivity contribution in [2.45, 2.75) is 71.1 Å². The Kier molecular flexibility index (Phi) is 11.4. The molecule has 1 fully saturated rings. The standard InChI is InChI=1S/C26H36N4O9/c1-26(2,3)23(29-25(37)38-4)24(36)28-17(14-16-8-6-5-7-9-16)18(31)15-27-19(32)10-13-22(35)39-30-20(33)11-12-21(30)34/h5-9,17-18,23,31H,10-15H2,1-4H3,(H,27,32)(H,28,36)(H,29,37)/t17-,18-,23+/m0/s1. The Morgan fingerprint density at radius 1 is 1.00 bits per heavy atom. The van der Waals surface area contributed by atoms with Crippen LogP contribution in [0.15, 0.2) is 30.3 Å². The highest BCUT2D eigenvalue weighted by atomic mass is 16.7. The van der Waals surface area contributed by atoms with Crippen LogP contribution in [0.1, 0.15) is 52.0 Å². The molecule has 0 saturated carbocycles. The number of methoxy groups -OCH3 is 1. The second-order valence-corrected chi connectivity index (χ2v) is 10.2. The van der Waals surface area contributed by atoms with E-state index in [-0.39, 0.29) is 32.2 Å². The van der Waals surface area contributed by atoms with Gasteiger partial charge in [0.15, 0.2) is 0 Å². The maximum absolute atomic E-state index is 13.2. The number of imide groups is 1. The summed E-state index contributed by atoms with van der Waals surface area (Å²) in [5.41, 5.74) is 0.128. The van der Waals surface area contributed by atoms with Crippen LogP contribution in [0.2, 0.25) is 0 Å². The molecule has 1 heterocycles. The lowest BCUT2D eigenvalue weighted by Crippen LogP contribution is -2.58. The van der Waals surface area contributed by atoms with Crippen LogP contribution in [0.5, 0.6) is 0 Å². The van der Waals surface area contributed by atoms with Crippen LogP contribution in [-0.4, -0.2) is 77.7 Å². The molecule has 13 heteroatoms. The molecule has 0 spiro atoms. The van der Waals surface area contributed by atoms with Crippen LogP contribution in [0, 0.1) is 5.41 Å². The maximum Gasteiger partial charge on any atom is 0.407 e. The fraction of sp³-hybridized carbons (Fsp3) is 0.538. The van der Waals surface area contributed by atoms with Crippen molar-refractivity contribution in [2.75, 3.05) is 13.7 Å². The molecule has 13 nitrogen and oxygen atoms in total. The monoisotopic (exact) mass is 548 g/mol. The fourth-order valence-corrected chi connectivity index (χ4v) is 3.74. The third-order valence-corrected chi connectivity index (χ3v) is 5.93. The van der Waals surface area contributed by atoms with Gasteiger partial charge in [0, 0.05) is 25.8 Å². The van der Waals surface area contributed by atoms with Gasteiger partial charge in [0.2, 0.25) is 11.8 Å². The zero-order valence-corrected chi connectivity index (χ0v) is 22.5. The smallest absolute Gasteiger partial charge is 0.407 e. The van der Waals surface area contributed by atoms with Gasteiger partial charge in [0.25, 0.3) is 11.8 Å². The van der Waals surface area contributed by atoms with E-state index < -0.39 is 65.7 Å². The number of aliphatic hydroxyl groups excluding tert-OH is 1. The van der Waals surface area contributed by atoms with Crippen molar-refractivity contribution in [3.8, 4) is 0 Å². The highest BCUT2D eigenvalue weighted by Crippen LogP contribution is 2.20. The Morgan fingerprint density at radius 3 is 2.18 bits per heavy atom. The van der Waals surface area contributed by atoms with Crippen LogP contribution in [-0.2, 0) is 40.0 Å². The molecule has 1 aromatic carbocycles. The number of carbonyl (C=O) groups is 6. The third-order valence-electron chi connectivity index (χ3n) is 5.93. The van der Waals surface area contributed by atoms with Gasteiger partial charge in [-0.05, 0) is 17.4 Å². The molecule has 0 bridgehead atoms. The minimum Gasteiger partial charge on any atom is -0.453 e. The van der Waals surface area contributed by atoms with E-state index in [9.17, 15) is 33.9 Å². The summed E-state index contributed by atoms with van der Waals surface area (Å²) < 4.78 is 4.63. The van der Waals surface area contributed by atoms with Crippen molar-refractivity contribution in [1.29, 1.82) is 0 Å². The van der Waals surface area contributed by atoms with Crippen molar-refractivity contribution >= 4 is 35.7 Å². The maximum atomic E-state index is 13.2. The molecule has 0 aromatic heterocycles. The van der Waals surface area contributed by atoms with Gasteiger partial charge < -0.3 is 30.6 Å². The summed E-state index contributed by atoms with van der Waals surface area (Å²) in [6.45, 7) is 5.03. The topological polar surface area (TPSA) is 180 Å². The van der Waals surface area contributed by atoms with Crippen molar-refractivity contribution in [2.24, 2.45) is 5.41 Å². The SMILES string of the molecule is COC(=O)N[C@H](C(=O)N[C@@H](Cc1ccccc1)[C@@H](O)CNC(=O)CCC(=O)ON1C(=O)CCC1=O)C(C)(C)C. The first-order valence-electron chi connectivity index (χ1n) is 12.5. The van der Waals surface area contributed by atoms with Crippen LogP contribution < -0.4 is 16.0 Å². The van der Waals surface area contributed by atoms with Gasteiger partial charge in [-0.1, -0.05) is 51.1 Å². The Labute approximate surface area is 226 Å². The molecule has 1 aromatic rings. The second-order valence-electron chi connectivity index (χ2n) is 10.2. The summed E-state index contributed by atoms with van der Waals surface area (Å²) in [5, 5.41) is 19.1. The lowest BCUT2D eigenvalue weighted by Gasteiger charge is -2.32. The van der Waals surface area contributed by atoms with Crippen LogP contribution in [0.25, 0.3) is 0 Å². The lowest BCUT2D eigenvalue weighted by molar-refractivity contribution is -0.197. The van der Waals surface area contributed by atoms with E-state index in [1.54, 1.807) is 20.8 Å². The number of rotatable bonds is 12. The van der Waals surface area contributed by atoms with E-state index in [1.807, 2.05) is 30.3 Å². The summed E-state index contributed by atoms with van der Waals surface area (Å²) in [7, 11) is 1.18. The molecule has 2 rings (SSSR count). The van der Waals surface area contributed by atoms with Crippen molar-refractivity contribution in [1.82, 2.24) is 21.0 Å². The summed E-state index contributed by atoms with van der Waals surface area (Å²) in [6.07, 6.45) is -2.58. The molecule has 4 N–H and O–H groups in total. The number of amides is 5. The molecule has 0 aliphatic carbocycles. The average Bonchev–Trinajstić information content (AvgIpc) is 3.20. The number of carbonyl (C=O) groups excluding carboxylic acids is 6. The molecule has 0 unspecified atom stereocenters. The highest BCUT2D eigenvalue weighted by Gasteiger charge is 2.36. The van der Waals surface area contributed by atoms with Gasteiger partial charge in [-0.15, -0.1) is 5.06 Å². The lowest BCUT2D eigenvalue weighted by atomic mass is 9.85. The van der Waals surface area contributed by atoms with Crippen molar-refractivity contribution in [3.63, 3.8) is 0 Å². The molecular formula is C26H36N4O9. The number of hydrogen-bond acceptors (Lipinski definition) is 9. The van der Waals surface area contributed by atoms with E-state index in [1.165, 1.54) is 7.11 Å². The van der Waals surface area contributed by atoms with E-state index >= 15 is 0 Å². The summed E-state index contributed by atoms with van der Waals surface area (Å²) in [6, 6.07) is 7.25. The summed E-state index contributed by atoms with van der Waals surface area (Å²) in [5.74, 6) is -3.30. The van der Waals surface area contributed by atoms with Crippen LogP contribution in [0.3, 0.4) is 0 Å². The fourth-order valence-electron chi connectivity index (χ4n) is 3.74. The third kappa shape index (κ3) is 10.0.